The summed E-state index contributed by atoms with van der Waals surface area (Å²) in [6.07, 6.45) is 3.42. The molecule has 0 aliphatic carbocycles. The zero-order valence-corrected chi connectivity index (χ0v) is 12.8. The van der Waals surface area contributed by atoms with Crippen molar-refractivity contribution in [3.63, 3.8) is 0 Å². The number of anilines is 1. The molecule has 0 radical (unpaired) electrons. The summed E-state index contributed by atoms with van der Waals surface area (Å²) in [4.78, 5) is 9.20. The molecule has 0 bridgehead atoms. The maximum atomic E-state index is 9.53. The third-order valence-electron chi connectivity index (χ3n) is 4.16. The molecule has 7 heteroatoms. The van der Waals surface area contributed by atoms with Crippen molar-refractivity contribution < 1.29 is 4.42 Å². The van der Waals surface area contributed by atoms with Crippen molar-refractivity contribution in [3.05, 3.63) is 36.2 Å². The van der Waals surface area contributed by atoms with Gasteiger partial charge in [-0.3, -0.25) is 0 Å². The van der Waals surface area contributed by atoms with Gasteiger partial charge in [0.2, 0.25) is 0 Å². The highest BCUT2D eigenvalue weighted by Gasteiger charge is 2.20. The van der Waals surface area contributed by atoms with Gasteiger partial charge in [-0.25, -0.2) is 9.50 Å². The van der Waals surface area contributed by atoms with Crippen LogP contribution in [0.5, 0.6) is 0 Å². The zero-order chi connectivity index (χ0) is 15.8. The Morgan fingerprint density at radius 3 is 2.74 bits per heavy atom. The van der Waals surface area contributed by atoms with Gasteiger partial charge in [0.15, 0.2) is 11.4 Å². The van der Waals surface area contributed by atoms with E-state index in [1.807, 2.05) is 12.3 Å². The molecule has 4 rings (SSSR count). The summed E-state index contributed by atoms with van der Waals surface area (Å²) in [5.74, 6) is 1.46. The van der Waals surface area contributed by atoms with Crippen LogP contribution in [-0.2, 0) is 0 Å². The van der Waals surface area contributed by atoms with E-state index in [0.717, 1.165) is 32.0 Å². The maximum absolute atomic E-state index is 9.53. The zero-order valence-electron chi connectivity index (χ0n) is 12.8. The van der Waals surface area contributed by atoms with E-state index in [1.54, 1.807) is 22.9 Å². The van der Waals surface area contributed by atoms with E-state index < -0.39 is 0 Å². The molecular formula is C16H16N6O. The normalized spacial score (nSPS) is 15.9. The topological polar surface area (TPSA) is 73.6 Å². The lowest BCUT2D eigenvalue weighted by Gasteiger charge is -2.33. The number of likely N-dealkylation sites (N-methyl/N-ethyl adjacent to an activating group) is 1. The van der Waals surface area contributed by atoms with E-state index >= 15 is 0 Å². The summed E-state index contributed by atoms with van der Waals surface area (Å²) in [6.45, 7) is 3.88. The number of furan rings is 1. The Bertz CT molecular complexity index is 868. The van der Waals surface area contributed by atoms with Crippen molar-refractivity contribution in [2.24, 2.45) is 0 Å². The molecule has 116 valence electrons. The second-order valence-electron chi connectivity index (χ2n) is 5.66. The number of piperazine rings is 1. The standard InChI is InChI=1S/C16H16N6O/c1-20-6-8-21(9-7-20)14-4-5-22-16(18-14)12(11-17)15(19-22)13-3-2-10-23-13/h2-5,10H,6-9H2,1H3. The minimum Gasteiger partial charge on any atom is -0.463 e. The molecule has 23 heavy (non-hydrogen) atoms. The molecular weight excluding hydrogens is 292 g/mol. The third kappa shape index (κ3) is 2.33. The van der Waals surface area contributed by atoms with Gasteiger partial charge in [0.05, 0.1) is 6.26 Å². The monoisotopic (exact) mass is 308 g/mol. The van der Waals surface area contributed by atoms with E-state index in [-0.39, 0.29) is 0 Å². The van der Waals surface area contributed by atoms with Crippen molar-refractivity contribution in [2.45, 2.75) is 0 Å². The first-order chi connectivity index (χ1) is 11.3. The van der Waals surface area contributed by atoms with Crippen molar-refractivity contribution in [2.75, 3.05) is 38.1 Å². The van der Waals surface area contributed by atoms with Gasteiger partial charge in [-0.1, -0.05) is 0 Å². The van der Waals surface area contributed by atoms with E-state index in [0.29, 0.717) is 22.7 Å². The molecule has 1 aliphatic heterocycles. The lowest BCUT2D eigenvalue weighted by Crippen LogP contribution is -2.44. The fourth-order valence-electron chi connectivity index (χ4n) is 2.82. The number of nitrogens with zero attached hydrogens (tertiary/aromatic N) is 6. The molecule has 0 N–H and O–H groups in total. The molecule has 0 atom stereocenters. The van der Waals surface area contributed by atoms with Gasteiger partial charge in [0.1, 0.15) is 23.1 Å². The summed E-state index contributed by atoms with van der Waals surface area (Å²) in [5.41, 5.74) is 1.53. The van der Waals surface area contributed by atoms with Crippen molar-refractivity contribution in [1.82, 2.24) is 19.5 Å². The van der Waals surface area contributed by atoms with E-state index in [1.165, 1.54) is 0 Å². The van der Waals surface area contributed by atoms with Gasteiger partial charge < -0.3 is 14.2 Å². The minimum atomic E-state index is 0.441. The third-order valence-corrected chi connectivity index (χ3v) is 4.16. The van der Waals surface area contributed by atoms with Crippen LogP contribution in [0.1, 0.15) is 5.56 Å². The van der Waals surface area contributed by atoms with E-state index in [4.69, 9.17) is 4.42 Å². The number of aromatic nitrogens is 3. The number of nitriles is 1. The molecule has 7 nitrogen and oxygen atoms in total. The molecule has 0 amide bonds. The fourth-order valence-corrected chi connectivity index (χ4v) is 2.82. The molecule has 4 heterocycles. The Labute approximate surface area is 133 Å². The second-order valence-corrected chi connectivity index (χ2v) is 5.66. The minimum absolute atomic E-state index is 0.441. The first-order valence-electron chi connectivity index (χ1n) is 7.53. The van der Waals surface area contributed by atoms with Gasteiger partial charge in [0.25, 0.3) is 0 Å². The van der Waals surface area contributed by atoms with Gasteiger partial charge in [-0.05, 0) is 25.2 Å². The number of fused-ring (bicyclic) bond motifs is 1. The molecule has 0 saturated carbocycles. The van der Waals surface area contributed by atoms with Gasteiger partial charge in [-0.15, -0.1) is 0 Å². The number of hydrogen-bond donors (Lipinski definition) is 0. The molecule has 1 saturated heterocycles. The highest BCUT2D eigenvalue weighted by Crippen LogP contribution is 2.26. The van der Waals surface area contributed by atoms with E-state index in [2.05, 4.69) is 33.0 Å². The Hall–Kier alpha value is -2.85. The summed E-state index contributed by atoms with van der Waals surface area (Å²) in [6, 6.07) is 7.73. The van der Waals surface area contributed by atoms with Crippen LogP contribution in [-0.4, -0.2) is 52.7 Å². The van der Waals surface area contributed by atoms with Crippen molar-refractivity contribution >= 4 is 11.5 Å². The largest absolute Gasteiger partial charge is 0.463 e. The maximum Gasteiger partial charge on any atom is 0.175 e. The summed E-state index contributed by atoms with van der Waals surface area (Å²) in [7, 11) is 2.12. The highest BCUT2D eigenvalue weighted by molar-refractivity contribution is 5.73. The van der Waals surface area contributed by atoms with Gasteiger partial charge >= 0.3 is 0 Å². The SMILES string of the molecule is CN1CCN(c2ccn3nc(-c4ccco4)c(C#N)c3n2)CC1. The molecule has 0 unspecified atom stereocenters. The Morgan fingerprint density at radius 1 is 1.22 bits per heavy atom. The van der Waals surface area contributed by atoms with Crippen LogP contribution >= 0.6 is 0 Å². The predicted molar refractivity (Wildman–Crippen MR) is 85.1 cm³/mol. The highest BCUT2D eigenvalue weighted by atomic mass is 16.3. The Morgan fingerprint density at radius 2 is 2.04 bits per heavy atom. The smallest absolute Gasteiger partial charge is 0.175 e. The molecule has 3 aromatic heterocycles. The summed E-state index contributed by atoms with van der Waals surface area (Å²) >= 11 is 0. The van der Waals surface area contributed by atoms with Crippen LogP contribution < -0.4 is 4.90 Å². The van der Waals surface area contributed by atoms with Crippen molar-refractivity contribution in [3.8, 4) is 17.5 Å². The lowest BCUT2D eigenvalue weighted by atomic mass is 10.2. The summed E-state index contributed by atoms with van der Waals surface area (Å²) < 4.78 is 7.01. The Balaban J connectivity index is 1.78. The van der Waals surface area contributed by atoms with Gasteiger partial charge in [0, 0.05) is 32.4 Å². The first kappa shape index (κ1) is 13.8. The Kier molecular flexibility index (Phi) is 3.24. The quantitative estimate of drug-likeness (QED) is 0.716. The van der Waals surface area contributed by atoms with Crippen LogP contribution in [0.3, 0.4) is 0 Å². The number of hydrogen-bond acceptors (Lipinski definition) is 6. The predicted octanol–water partition coefficient (Wildman–Crippen LogP) is 1.61. The van der Waals surface area contributed by atoms with E-state index in [9.17, 15) is 5.26 Å². The summed E-state index contributed by atoms with van der Waals surface area (Å²) in [5, 5.41) is 14.0. The molecule has 1 fully saturated rings. The molecule has 3 aromatic rings. The van der Waals surface area contributed by atoms with Crippen molar-refractivity contribution in [1.29, 1.82) is 5.26 Å². The second kappa shape index (κ2) is 5.41. The van der Waals surface area contributed by atoms with Crippen LogP contribution in [0.2, 0.25) is 0 Å². The number of rotatable bonds is 2. The fraction of sp³-hybridized carbons (Fsp3) is 0.312. The van der Waals surface area contributed by atoms with Gasteiger partial charge in [-0.2, -0.15) is 10.4 Å². The average Bonchev–Trinajstić information content (AvgIpc) is 3.22. The molecule has 0 aromatic carbocycles. The van der Waals surface area contributed by atoms with Crippen LogP contribution in [0.15, 0.2) is 35.1 Å². The first-order valence-corrected chi connectivity index (χ1v) is 7.53. The van der Waals surface area contributed by atoms with Crippen LogP contribution in [0, 0.1) is 11.3 Å². The molecule has 1 aliphatic rings. The molecule has 0 spiro atoms. The lowest BCUT2D eigenvalue weighted by molar-refractivity contribution is 0.312. The van der Waals surface area contributed by atoms with Crippen LogP contribution in [0.4, 0.5) is 5.82 Å². The average molecular weight is 308 g/mol. The van der Waals surface area contributed by atoms with Crippen LogP contribution in [0.25, 0.3) is 17.1 Å².